The summed E-state index contributed by atoms with van der Waals surface area (Å²) in [5.41, 5.74) is -0.265. The molecule has 0 fully saturated rings. The van der Waals surface area contributed by atoms with E-state index in [9.17, 15) is 18.5 Å². The van der Waals surface area contributed by atoms with Gasteiger partial charge in [0.2, 0.25) is 0 Å². The fraction of sp³-hybridized carbons (Fsp3) is 0. The molecular weight excluding hydrogens is 465 g/mol. The van der Waals surface area contributed by atoms with Crippen LogP contribution in [0.2, 0.25) is 5.02 Å². The van der Waals surface area contributed by atoms with Crippen molar-refractivity contribution in [2.75, 3.05) is 0 Å². The first kappa shape index (κ1) is 17.2. The Labute approximate surface area is 147 Å². The van der Waals surface area contributed by atoms with Gasteiger partial charge in [-0.25, -0.2) is 0 Å². The van der Waals surface area contributed by atoms with Gasteiger partial charge >= 0.3 is 10.1 Å². The van der Waals surface area contributed by atoms with Crippen molar-refractivity contribution in [1.29, 1.82) is 0 Å². The SMILES string of the molecule is O=[N+]([O-])c1ccc(OS(=O)(=O)c2cc(Br)ccc2Br)c(Cl)c1. The van der Waals surface area contributed by atoms with E-state index < -0.39 is 15.0 Å². The van der Waals surface area contributed by atoms with Crippen molar-refractivity contribution in [3.63, 3.8) is 0 Å². The van der Waals surface area contributed by atoms with Gasteiger partial charge in [-0.1, -0.05) is 27.5 Å². The van der Waals surface area contributed by atoms with E-state index in [1.807, 2.05) is 0 Å². The zero-order chi connectivity index (χ0) is 16.5. The van der Waals surface area contributed by atoms with Crippen molar-refractivity contribution in [3.8, 4) is 5.75 Å². The van der Waals surface area contributed by atoms with E-state index >= 15 is 0 Å². The predicted molar refractivity (Wildman–Crippen MR) is 87.8 cm³/mol. The quantitative estimate of drug-likeness (QED) is 0.371. The molecule has 0 aromatic heterocycles. The van der Waals surface area contributed by atoms with Gasteiger partial charge in [-0.3, -0.25) is 10.1 Å². The minimum absolute atomic E-state index is 0.101. The van der Waals surface area contributed by atoms with E-state index in [2.05, 4.69) is 31.9 Å². The van der Waals surface area contributed by atoms with E-state index in [1.165, 1.54) is 12.1 Å². The molecule has 0 spiro atoms. The summed E-state index contributed by atoms with van der Waals surface area (Å²) in [4.78, 5) is 9.89. The van der Waals surface area contributed by atoms with Crippen molar-refractivity contribution in [3.05, 3.63) is 60.5 Å². The summed E-state index contributed by atoms with van der Waals surface area (Å²) in [6, 6.07) is 7.80. The number of hydrogen-bond acceptors (Lipinski definition) is 5. The van der Waals surface area contributed by atoms with Crippen LogP contribution in [-0.4, -0.2) is 13.3 Å². The molecule has 0 unspecified atom stereocenters. The van der Waals surface area contributed by atoms with E-state index in [0.717, 1.165) is 18.2 Å². The van der Waals surface area contributed by atoms with Crippen LogP contribution in [0.5, 0.6) is 5.75 Å². The molecule has 10 heteroatoms. The smallest absolute Gasteiger partial charge is 0.340 e. The van der Waals surface area contributed by atoms with Gasteiger partial charge in [0.15, 0.2) is 5.75 Å². The van der Waals surface area contributed by atoms with Gasteiger partial charge in [0.05, 0.1) is 9.95 Å². The van der Waals surface area contributed by atoms with Crippen LogP contribution in [0.1, 0.15) is 0 Å². The fourth-order valence-electron chi connectivity index (χ4n) is 1.50. The Kier molecular flexibility index (Phi) is 5.10. The molecule has 6 nitrogen and oxygen atoms in total. The average Bonchev–Trinajstić information content (AvgIpc) is 2.43. The molecule has 0 radical (unpaired) electrons. The summed E-state index contributed by atoms with van der Waals surface area (Å²) in [7, 11) is -4.15. The minimum atomic E-state index is -4.15. The Morgan fingerprint density at radius 1 is 1.14 bits per heavy atom. The molecule has 0 aliphatic carbocycles. The first-order valence-electron chi connectivity index (χ1n) is 5.54. The van der Waals surface area contributed by atoms with Gasteiger partial charge in [0.25, 0.3) is 5.69 Å². The Morgan fingerprint density at radius 2 is 1.82 bits per heavy atom. The summed E-state index contributed by atoms with van der Waals surface area (Å²) in [5, 5.41) is 10.5. The number of nitrogens with zero attached hydrogens (tertiary/aromatic N) is 1. The highest BCUT2D eigenvalue weighted by Crippen LogP contribution is 2.33. The van der Waals surface area contributed by atoms with Crippen molar-refractivity contribution in [2.45, 2.75) is 4.90 Å². The van der Waals surface area contributed by atoms with E-state index in [-0.39, 0.29) is 21.4 Å². The van der Waals surface area contributed by atoms with Crippen molar-refractivity contribution in [2.24, 2.45) is 0 Å². The molecule has 0 saturated carbocycles. The van der Waals surface area contributed by atoms with E-state index in [0.29, 0.717) is 8.95 Å². The van der Waals surface area contributed by atoms with E-state index in [4.69, 9.17) is 15.8 Å². The summed E-state index contributed by atoms with van der Waals surface area (Å²) in [6.07, 6.45) is 0. The zero-order valence-electron chi connectivity index (χ0n) is 10.5. The van der Waals surface area contributed by atoms with Crippen LogP contribution in [0.4, 0.5) is 5.69 Å². The molecule has 0 N–H and O–H groups in total. The lowest BCUT2D eigenvalue weighted by atomic mass is 10.3. The van der Waals surface area contributed by atoms with E-state index in [1.54, 1.807) is 6.07 Å². The molecule has 22 heavy (non-hydrogen) atoms. The number of nitro benzene ring substituents is 1. The maximum absolute atomic E-state index is 12.3. The maximum Gasteiger partial charge on any atom is 0.340 e. The molecule has 0 amide bonds. The number of rotatable bonds is 4. The maximum atomic E-state index is 12.3. The molecule has 0 atom stereocenters. The van der Waals surface area contributed by atoms with Crippen LogP contribution in [0, 0.1) is 10.1 Å². The van der Waals surface area contributed by atoms with Crippen LogP contribution in [0.25, 0.3) is 0 Å². The number of benzene rings is 2. The predicted octanol–water partition coefficient (Wildman–Crippen LogP) is 4.54. The van der Waals surface area contributed by atoms with Gasteiger partial charge in [-0.05, 0) is 40.2 Å². The molecular formula is C12H6Br2ClNO5S. The standard InChI is InChI=1S/C12H6Br2ClNO5S/c13-7-1-3-9(14)12(5-7)22(19,20)21-11-4-2-8(16(17)18)6-10(11)15/h1-6H. The minimum Gasteiger partial charge on any atom is -0.377 e. The third-order valence-corrected chi connectivity index (χ3v) is 5.51. The van der Waals surface area contributed by atoms with Gasteiger partial charge in [0, 0.05) is 21.1 Å². The molecule has 0 aliphatic rings. The summed E-state index contributed by atoms with van der Waals surface area (Å²) in [6.45, 7) is 0. The molecule has 2 aromatic rings. The molecule has 0 heterocycles. The molecule has 0 saturated heterocycles. The van der Waals surface area contributed by atoms with Crippen LogP contribution in [-0.2, 0) is 10.1 Å². The van der Waals surface area contributed by atoms with Crippen molar-refractivity contribution >= 4 is 59.3 Å². The lowest BCUT2D eigenvalue weighted by molar-refractivity contribution is -0.384. The normalized spacial score (nSPS) is 11.2. The second kappa shape index (κ2) is 6.53. The van der Waals surface area contributed by atoms with Crippen LogP contribution in [0.3, 0.4) is 0 Å². The van der Waals surface area contributed by atoms with Crippen molar-refractivity contribution in [1.82, 2.24) is 0 Å². The average molecular weight is 472 g/mol. The molecule has 2 aromatic carbocycles. The molecule has 0 aliphatic heterocycles. The second-order valence-corrected chi connectivity index (χ2v) is 7.68. The Balaban J connectivity index is 2.41. The summed E-state index contributed by atoms with van der Waals surface area (Å²) < 4.78 is 30.4. The largest absolute Gasteiger partial charge is 0.377 e. The third kappa shape index (κ3) is 3.78. The van der Waals surface area contributed by atoms with Gasteiger partial charge in [-0.2, -0.15) is 8.42 Å². The van der Waals surface area contributed by atoms with Crippen LogP contribution >= 0.6 is 43.5 Å². The first-order valence-corrected chi connectivity index (χ1v) is 8.91. The fourth-order valence-corrected chi connectivity index (χ4v) is 4.17. The first-order chi connectivity index (χ1) is 10.2. The lowest BCUT2D eigenvalue weighted by Gasteiger charge is -2.10. The molecule has 2 rings (SSSR count). The van der Waals surface area contributed by atoms with Crippen LogP contribution < -0.4 is 4.18 Å². The van der Waals surface area contributed by atoms with Gasteiger partial charge in [-0.15, -0.1) is 0 Å². The highest BCUT2D eigenvalue weighted by molar-refractivity contribution is 9.11. The third-order valence-electron chi connectivity index (χ3n) is 2.49. The highest BCUT2D eigenvalue weighted by Gasteiger charge is 2.22. The Bertz CT molecular complexity index is 857. The summed E-state index contributed by atoms with van der Waals surface area (Å²) >= 11 is 12.1. The summed E-state index contributed by atoms with van der Waals surface area (Å²) in [5.74, 6) is -0.195. The van der Waals surface area contributed by atoms with Gasteiger partial charge in [0.1, 0.15) is 4.90 Å². The topological polar surface area (TPSA) is 86.5 Å². The number of hydrogen-bond donors (Lipinski definition) is 0. The van der Waals surface area contributed by atoms with Crippen molar-refractivity contribution < 1.29 is 17.5 Å². The Morgan fingerprint density at radius 3 is 2.41 bits per heavy atom. The zero-order valence-corrected chi connectivity index (χ0v) is 15.2. The molecule has 0 bridgehead atoms. The number of halogens is 3. The number of nitro groups is 1. The van der Waals surface area contributed by atoms with Gasteiger partial charge < -0.3 is 4.18 Å². The molecule has 116 valence electrons. The number of non-ortho nitro benzene ring substituents is 1. The van der Waals surface area contributed by atoms with Crippen LogP contribution in [0.15, 0.2) is 50.2 Å². The highest BCUT2D eigenvalue weighted by atomic mass is 79.9. The monoisotopic (exact) mass is 469 g/mol. The Hall–Kier alpha value is -1.16. The second-order valence-electron chi connectivity index (χ2n) is 3.98. The lowest BCUT2D eigenvalue weighted by Crippen LogP contribution is -2.11.